The van der Waals surface area contributed by atoms with Crippen LogP contribution >= 0.6 is 11.6 Å². The Morgan fingerprint density at radius 3 is 2.88 bits per heavy atom. The van der Waals surface area contributed by atoms with Crippen molar-refractivity contribution in [2.75, 3.05) is 0 Å². The Balaban J connectivity index is 2.76. The van der Waals surface area contributed by atoms with Crippen LogP contribution in [0, 0.1) is 0 Å². The van der Waals surface area contributed by atoms with E-state index in [0.29, 0.717) is 5.16 Å². The molecule has 0 radical (unpaired) electrons. The summed E-state index contributed by atoms with van der Waals surface area (Å²) in [7, 11) is 0. The van der Waals surface area contributed by atoms with E-state index in [4.69, 9.17) is 11.6 Å². The zero-order chi connectivity index (χ0) is 12.0. The molecule has 0 aromatic carbocycles. The molecule has 0 amide bonds. The maximum absolute atomic E-state index is 6.04. The summed E-state index contributed by atoms with van der Waals surface area (Å²) in [5, 5.41) is 3.84. The lowest BCUT2D eigenvalue weighted by Gasteiger charge is -2.10. The molecule has 1 heterocycles. The van der Waals surface area contributed by atoms with Gasteiger partial charge in [0.25, 0.3) is 0 Å². The fourth-order valence-corrected chi connectivity index (χ4v) is 1.88. The molecule has 0 aromatic heterocycles. The fourth-order valence-electron chi connectivity index (χ4n) is 1.63. The molecule has 0 saturated heterocycles. The molecule has 16 heavy (non-hydrogen) atoms. The first-order chi connectivity index (χ1) is 7.69. The van der Waals surface area contributed by atoms with Crippen LogP contribution in [0.5, 0.6) is 0 Å². The first-order valence-electron chi connectivity index (χ1n) is 5.76. The molecule has 0 bridgehead atoms. The summed E-state index contributed by atoms with van der Waals surface area (Å²) in [6.45, 7) is 6.35. The normalized spacial score (nSPS) is 18.8. The number of hydrogen-bond acceptors (Lipinski definition) is 2. The molecular formula is C13H19ClN2. The van der Waals surface area contributed by atoms with E-state index in [-0.39, 0.29) is 0 Å². The van der Waals surface area contributed by atoms with E-state index in [0.717, 1.165) is 30.7 Å². The second-order valence-corrected chi connectivity index (χ2v) is 4.23. The summed E-state index contributed by atoms with van der Waals surface area (Å²) in [5.41, 5.74) is 3.33. The van der Waals surface area contributed by atoms with E-state index in [2.05, 4.69) is 31.1 Å². The van der Waals surface area contributed by atoms with Gasteiger partial charge in [-0.1, -0.05) is 31.9 Å². The lowest BCUT2D eigenvalue weighted by molar-refractivity contribution is 0.881. The lowest BCUT2D eigenvalue weighted by atomic mass is 10.1. The van der Waals surface area contributed by atoms with Crippen molar-refractivity contribution < 1.29 is 0 Å². The number of rotatable bonds is 5. The Labute approximate surface area is 103 Å². The molecule has 0 aliphatic carbocycles. The van der Waals surface area contributed by atoms with Crippen molar-refractivity contribution in [3.63, 3.8) is 0 Å². The third-order valence-electron chi connectivity index (χ3n) is 2.37. The van der Waals surface area contributed by atoms with Crippen LogP contribution < -0.4 is 5.32 Å². The standard InChI is InChI=1S/C13H19ClN2/c1-4-6-10(3)13-11(8-9-15-13)16-12(14)7-5-2/h7-9,16H,4-6H2,1-3H3/b12-7+,13-10-. The SMILES string of the molecule is CC/C=C(\Cl)NC1=CC=N/C1=C(/C)CCC. The molecule has 0 aromatic rings. The highest BCUT2D eigenvalue weighted by Crippen LogP contribution is 2.22. The predicted octanol–water partition coefficient (Wildman–Crippen LogP) is 4.11. The number of hydrogen-bond donors (Lipinski definition) is 1. The molecule has 1 N–H and O–H groups in total. The summed E-state index contributed by atoms with van der Waals surface area (Å²) in [5.74, 6) is 0. The van der Waals surface area contributed by atoms with E-state index in [9.17, 15) is 0 Å². The van der Waals surface area contributed by atoms with Crippen LogP contribution in [0.3, 0.4) is 0 Å². The minimum atomic E-state index is 0.668. The van der Waals surface area contributed by atoms with E-state index in [1.165, 1.54) is 5.57 Å². The van der Waals surface area contributed by atoms with Gasteiger partial charge in [-0.2, -0.15) is 0 Å². The largest absolute Gasteiger partial charge is 0.345 e. The summed E-state index contributed by atoms with van der Waals surface area (Å²) >= 11 is 6.04. The molecular weight excluding hydrogens is 220 g/mol. The maximum Gasteiger partial charge on any atom is 0.102 e. The van der Waals surface area contributed by atoms with Crippen LogP contribution in [-0.4, -0.2) is 6.21 Å². The third-order valence-corrected chi connectivity index (χ3v) is 2.62. The molecule has 1 aliphatic rings. The van der Waals surface area contributed by atoms with Gasteiger partial charge >= 0.3 is 0 Å². The van der Waals surface area contributed by atoms with Crippen molar-refractivity contribution in [3.8, 4) is 0 Å². The second-order valence-electron chi connectivity index (χ2n) is 3.82. The zero-order valence-electron chi connectivity index (χ0n) is 10.2. The van der Waals surface area contributed by atoms with Gasteiger partial charge in [-0.3, -0.25) is 4.99 Å². The quantitative estimate of drug-likeness (QED) is 0.717. The molecule has 1 aliphatic heterocycles. The average Bonchev–Trinajstić information content (AvgIpc) is 2.66. The van der Waals surface area contributed by atoms with Gasteiger partial charge in [0.15, 0.2) is 0 Å². The number of nitrogens with one attached hydrogen (secondary N) is 1. The second kappa shape index (κ2) is 6.54. The average molecular weight is 239 g/mol. The number of halogens is 1. The summed E-state index contributed by atoms with van der Waals surface area (Å²) in [6.07, 6.45) is 8.85. The van der Waals surface area contributed by atoms with Gasteiger partial charge in [-0.15, -0.1) is 0 Å². The van der Waals surface area contributed by atoms with Crippen LogP contribution in [0.25, 0.3) is 0 Å². The summed E-state index contributed by atoms with van der Waals surface area (Å²) in [4.78, 5) is 4.36. The van der Waals surface area contributed by atoms with E-state index in [1.807, 2.05) is 18.4 Å². The van der Waals surface area contributed by atoms with Gasteiger partial charge in [0.05, 0.1) is 11.4 Å². The van der Waals surface area contributed by atoms with Crippen molar-refractivity contribution in [1.29, 1.82) is 0 Å². The monoisotopic (exact) mass is 238 g/mol. The van der Waals surface area contributed by atoms with Crippen molar-refractivity contribution >= 4 is 17.8 Å². The Hall–Kier alpha value is -1.02. The highest BCUT2D eigenvalue weighted by molar-refractivity contribution is 6.29. The number of allylic oxidation sites excluding steroid dienone is 3. The molecule has 2 nitrogen and oxygen atoms in total. The number of aliphatic imine (C=N–C) groups is 1. The van der Waals surface area contributed by atoms with Gasteiger partial charge in [-0.25, -0.2) is 0 Å². The highest BCUT2D eigenvalue weighted by atomic mass is 35.5. The molecule has 3 heteroatoms. The zero-order valence-corrected chi connectivity index (χ0v) is 10.9. The first-order valence-corrected chi connectivity index (χ1v) is 6.14. The molecule has 88 valence electrons. The van der Waals surface area contributed by atoms with Gasteiger partial charge in [0, 0.05) is 6.21 Å². The molecule has 1 rings (SSSR count). The van der Waals surface area contributed by atoms with Gasteiger partial charge in [0.1, 0.15) is 5.16 Å². The van der Waals surface area contributed by atoms with Crippen molar-refractivity contribution in [1.82, 2.24) is 5.32 Å². The third kappa shape index (κ3) is 3.53. The number of nitrogens with zero attached hydrogens (tertiary/aromatic N) is 1. The van der Waals surface area contributed by atoms with E-state index >= 15 is 0 Å². The molecule has 0 saturated carbocycles. The van der Waals surface area contributed by atoms with Crippen LogP contribution in [0.4, 0.5) is 0 Å². The summed E-state index contributed by atoms with van der Waals surface area (Å²) < 4.78 is 0. The predicted molar refractivity (Wildman–Crippen MR) is 71.5 cm³/mol. The molecule has 0 fully saturated rings. The Morgan fingerprint density at radius 1 is 1.50 bits per heavy atom. The van der Waals surface area contributed by atoms with E-state index < -0.39 is 0 Å². The molecule has 0 atom stereocenters. The van der Waals surface area contributed by atoms with Crippen LogP contribution in [0.2, 0.25) is 0 Å². The van der Waals surface area contributed by atoms with Crippen LogP contribution in [0.15, 0.2) is 39.3 Å². The van der Waals surface area contributed by atoms with Crippen molar-refractivity contribution in [2.24, 2.45) is 4.99 Å². The van der Waals surface area contributed by atoms with Gasteiger partial charge < -0.3 is 5.32 Å². The van der Waals surface area contributed by atoms with Crippen molar-refractivity contribution in [3.05, 3.63) is 34.3 Å². The Morgan fingerprint density at radius 2 is 2.25 bits per heavy atom. The smallest absolute Gasteiger partial charge is 0.102 e. The fraction of sp³-hybridized carbons (Fsp3) is 0.462. The van der Waals surface area contributed by atoms with Crippen LogP contribution in [0.1, 0.15) is 40.0 Å². The Bertz CT molecular complexity index is 362. The summed E-state index contributed by atoms with van der Waals surface area (Å²) in [6, 6.07) is 0. The topological polar surface area (TPSA) is 24.4 Å². The van der Waals surface area contributed by atoms with Gasteiger partial charge in [-0.05, 0) is 37.5 Å². The van der Waals surface area contributed by atoms with E-state index in [1.54, 1.807) is 0 Å². The molecule has 0 spiro atoms. The van der Waals surface area contributed by atoms with Crippen molar-refractivity contribution in [2.45, 2.75) is 40.0 Å². The first kappa shape index (κ1) is 13.0. The maximum atomic E-state index is 6.04. The van der Waals surface area contributed by atoms with Crippen LogP contribution in [-0.2, 0) is 0 Å². The molecule has 0 unspecified atom stereocenters. The minimum absolute atomic E-state index is 0.668. The Kier molecular flexibility index (Phi) is 5.33. The lowest BCUT2D eigenvalue weighted by Crippen LogP contribution is -2.10. The van der Waals surface area contributed by atoms with Gasteiger partial charge in [0.2, 0.25) is 0 Å². The highest BCUT2D eigenvalue weighted by Gasteiger charge is 2.11. The minimum Gasteiger partial charge on any atom is -0.345 e.